The maximum Gasteiger partial charge on any atom is 0.335 e. The number of aliphatic carboxylic acids is 1. The second-order valence-electron chi connectivity index (χ2n) is 12.2. The topological polar surface area (TPSA) is 177 Å². The zero-order valence-corrected chi connectivity index (χ0v) is 25.6. The SMILES string of the molecule is C=C(C)CC[C@H](O)C(=O)NC(C)[C@@H]1C[C@@H](O)C(C)(C)[C@@H](C[C@H](O)CCCC(C)/C(C(=O)O)=C(/O)C/C=C(/O)CC)O1. The van der Waals surface area contributed by atoms with Gasteiger partial charge in [-0.05, 0) is 51.5 Å². The summed E-state index contributed by atoms with van der Waals surface area (Å²) in [5.74, 6) is -2.42. The minimum absolute atomic E-state index is 0.0712. The highest BCUT2D eigenvalue weighted by molar-refractivity contribution is 5.87. The van der Waals surface area contributed by atoms with E-state index in [0.717, 1.165) is 5.57 Å². The largest absolute Gasteiger partial charge is 0.513 e. The van der Waals surface area contributed by atoms with Gasteiger partial charge >= 0.3 is 5.97 Å². The third-order valence-electron chi connectivity index (χ3n) is 8.15. The van der Waals surface area contributed by atoms with Crippen molar-refractivity contribution in [2.75, 3.05) is 0 Å². The Hall–Kier alpha value is -2.40. The van der Waals surface area contributed by atoms with E-state index in [1.165, 1.54) is 6.08 Å². The van der Waals surface area contributed by atoms with E-state index in [0.29, 0.717) is 38.5 Å². The second-order valence-corrected chi connectivity index (χ2v) is 12.2. The van der Waals surface area contributed by atoms with Gasteiger partial charge in [-0.15, -0.1) is 6.58 Å². The summed E-state index contributed by atoms with van der Waals surface area (Å²) in [5.41, 5.74) is 0.112. The first-order valence-corrected chi connectivity index (χ1v) is 14.7. The summed E-state index contributed by atoms with van der Waals surface area (Å²) in [5, 5.41) is 64.2. The van der Waals surface area contributed by atoms with Crippen LogP contribution in [0.4, 0.5) is 0 Å². The quantitative estimate of drug-likeness (QED) is 0.0740. The van der Waals surface area contributed by atoms with Gasteiger partial charge in [0.25, 0.3) is 0 Å². The van der Waals surface area contributed by atoms with Crippen molar-refractivity contribution >= 4 is 11.9 Å². The van der Waals surface area contributed by atoms with Crippen molar-refractivity contribution in [1.82, 2.24) is 5.32 Å². The molecule has 0 spiro atoms. The number of nitrogens with one attached hydrogen (secondary N) is 1. The number of carboxylic acid groups (broad SMARTS) is 1. The third kappa shape index (κ3) is 11.8. The van der Waals surface area contributed by atoms with Gasteiger partial charge in [-0.2, -0.15) is 0 Å². The number of allylic oxidation sites excluding steroid dienone is 3. The van der Waals surface area contributed by atoms with Crippen molar-refractivity contribution in [3.8, 4) is 0 Å². The van der Waals surface area contributed by atoms with Crippen molar-refractivity contribution in [3.63, 3.8) is 0 Å². The van der Waals surface area contributed by atoms with E-state index >= 15 is 0 Å². The molecule has 0 aromatic carbocycles. The molecule has 1 heterocycles. The Morgan fingerprint density at radius 3 is 2.32 bits per heavy atom. The molecule has 0 saturated carbocycles. The van der Waals surface area contributed by atoms with E-state index in [1.54, 1.807) is 20.8 Å². The number of aliphatic hydroxyl groups is 5. The van der Waals surface area contributed by atoms with Crippen molar-refractivity contribution < 1.29 is 45.0 Å². The summed E-state index contributed by atoms with van der Waals surface area (Å²) in [6, 6.07) is -0.476. The summed E-state index contributed by atoms with van der Waals surface area (Å²) >= 11 is 0. The molecule has 1 saturated heterocycles. The van der Waals surface area contributed by atoms with Crippen LogP contribution in [0.1, 0.15) is 99.3 Å². The number of rotatable bonds is 17. The van der Waals surface area contributed by atoms with Gasteiger partial charge in [-0.1, -0.05) is 39.7 Å². The van der Waals surface area contributed by atoms with Crippen LogP contribution in [0.15, 0.2) is 35.3 Å². The molecule has 10 heteroatoms. The van der Waals surface area contributed by atoms with E-state index in [1.807, 2.05) is 20.8 Å². The summed E-state index contributed by atoms with van der Waals surface area (Å²) < 4.78 is 6.29. The molecule has 7 N–H and O–H groups in total. The van der Waals surface area contributed by atoms with Crippen LogP contribution < -0.4 is 5.32 Å². The average Bonchev–Trinajstić information content (AvgIpc) is 2.88. The fraction of sp³-hybridized carbons (Fsp3) is 0.742. The van der Waals surface area contributed by atoms with Crippen LogP contribution >= 0.6 is 0 Å². The Morgan fingerprint density at radius 1 is 1.12 bits per heavy atom. The predicted molar refractivity (Wildman–Crippen MR) is 157 cm³/mol. The van der Waals surface area contributed by atoms with E-state index < -0.39 is 59.8 Å². The molecule has 2 unspecified atom stereocenters. The average molecular weight is 584 g/mol. The molecule has 1 aliphatic rings. The Balaban J connectivity index is 2.76. The van der Waals surface area contributed by atoms with E-state index in [4.69, 9.17) is 4.74 Å². The van der Waals surface area contributed by atoms with Crippen LogP contribution in [-0.2, 0) is 14.3 Å². The highest BCUT2D eigenvalue weighted by Gasteiger charge is 2.46. The maximum absolute atomic E-state index is 12.4. The molecule has 1 aliphatic heterocycles. The second kappa shape index (κ2) is 16.9. The lowest BCUT2D eigenvalue weighted by Gasteiger charge is -2.47. The smallest absolute Gasteiger partial charge is 0.335 e. The van der Waals surface area contributed by atoms with Crippen molar-refractivity contribution in [3.05, 3.63) is 35.3 Å². The number of carboxylic acids is 1. The number of amides is 1. The number of hydrogen-bond acceptors (Lipinski definition) is 8. The first kappa shape index (κ1) is 36.6. The van der Waals surface area contributed by atoms with Crippen LogP contribution in [0.25, 0.3) is 0 Å². The molecule has 0 aromatic rings. The summed E-state index contributed by atoms with van der Waals surface area (Å²) in [6.45, 7) is 14.6. The fourth-order valence-electron chi connectivity index (χ4n) is 5.05. The van der Waals surface area contributed by atoms with Crippen molar-refractivity contribution in [2.45, 2.75) is 136 Å². The molecule has 0 radical (unpaired) electrons. The van der Waals surface area contributed by atoms with Gasteiger partial charge in [0.1, 0.15) is 11.9 Å². The first-order valence-electron chi connectivity index (χ1n) is 14.7. The zero-order chi connectivity index (χ0) is 31.5. The lowest BCUT2D eigenvalue weighted by molar-refractivity contribution is -0.189. The number of carbonyl (C=O) groups is 2. The molecule has 1 amide bonds. The van der Waals surface area contributed by atoms with Gasteiger partial charge < -0.3 is 40.7 Å². The molecule has 0 aromatic heterocycles. The predicted octanol–water partition coefficient (Wildman–Crippen LogP) is 4.45. The highest BCUT2D eigenvalue weighted by atomic mass is 16.5. The Morgan fingerprint density at radius 2 is 1.76 bits per heavy atom. The first-order chi connectivity index (χ1) is 19.0. The van der Waals surface area contributed by atoms with Crippen LogP contribution in [0.5, 0.6) is 0 Å². The molecule has 0 aliphatic carbocycles. The van der Waals surface area contributed by atoms with E-state index in [9.17, 15) is 40.2 Å². The fourth-order valence-corrected chi connectivity index (χ4v) is 5.05. The van der Waals surface area contributed by atoms with Crippen molar-refractivity contribution in [2.24, 2.45) is 11.3 Å². The molecule has 0 bridgehead atoms. The van der Waals surface area contributed by atoms with Crippen LogP contribution in [0, 0.1) is 11.3 Å². The minimum atomic E-state index is -1.22. The molecular formula is C31H53NO9. The molecule has 10 nitrogen and oxygen atoms in total. The maximum atomic E-state index is 12.4. The van der Waals surface area contributed by atoms with Gasteiger partial charge in [-0.25, -0.2) is 4.79 Å². The Labute approximate surface area is 244 Å². The van der Waals surface area contributed by atoms with Crippen LogP contribution in [0.2, 0.25) is 0 Å². The summed E-state index contributed by atoms with van der Waals surface area (Å²) in [6.07, 6.45) is 0.616. The Kier molecular flexibility index (Phi) is 15.1. The Bertz CT molecular complexity index is 942. The summed E-state index contributed by atoms with van der Waals surface area (Å²) in [7, 11) is 0. The lowest BCUT2D eigenvalue weighted by atomic mass is 9.73. The number of carbonyl (C=O) groups excluding carboxylic acids is 1. The minimum Gasteiger partial charge on any atom is -0.513 e. The van der Waals surface area contributed by atoms with E-state index in [-0.39, 0.29) is 36.4 Å². The number of ether oxygens (including phenoxy) is 1. The van der Waals surface area contributed by atoms with Gasteiger partial charge in [0.15, 0.2) is 0 Å². The molecular weight excluding hydrogens is 530 g/mol. The van der Waals surface area contributed by atoms with Gasteiger partial charge in [0.05, 0.1) is 41.8 Å². The van der Waals surface area contributed by atoms with Gasteiger partial charge in [-0.3, -0.25) is 4.79 Å². The molecule has 1 rings (SSSR count). The molecule has 1 fully saturated rings. The molecule has 7 atom stereocenters. The number of hydrogen-bond donors (Lipinski definition) is 7. The number of aliphatic hydroxyl groups excluding tert-OH is 5. The lowest BCUT2D eigenvalue weighted by Crippen LogP contribution is -2.57. The highest BCUT2D eigenvalue weighted by Crippen LogP contribution is 2.40. The van der Waals surface area contributed by atoms with Crippen LogP contribution in [-0.4, -0.2) is 79.1 Å². The van der Waals surface area contributed by atoms with Crippen molar-refractivity contribution in [1.29, 1.82) is 0 Å². The van der Waals surface area contributed by atoms with E-state index in [2.05, 4.69) is 11.9 Å². The summed E-state index contributed by atoms with van der Waals surface area (Å²) in [4.78, 5) is 24.2. The standard InChI is InChI=1S/C31H53NO9/c1-8-21(33)13-15-23(35)28(30(39)40)19(4)10-9-11-22(34)16-27-31(6,7)26(37)17-25(41-27)20(5)32-29(38)24(36)14-12-18(2)3/h13,19-20,22,24-27,33-37H,2,8-12,14-17H2,1,3-7H3,(H,32,38)(H,39,40)/b21-13+,28-23-/t19?,20?,22-,24+,25+,26-,27-/m1/s1. The van der Waals surface area contributed by atoms with Crippen LogP contribution in [0.3, 0.4) is 0 Å². The van der Waals surface area contributed by atoms with Gasteiger partial charge in [0, 0.05) is 31.1 Å². The van der Waals surface area contributed by atoms with Gasteiger partial charge in [0.2, 0.25) is 5.91 Å². The third-order valence-corrected chi connectivity index (χ3v) is 8.15. The zero-order valence-electron chi connectivity index (χ0n) is 25.6. The normalized spacial score (nSPS) is 24.5. The molecule has 236 valence electrons. The molecule has 41 heavy (non-hydrogen) atoms. The monoisotopic (exact) mass is 583 g/mol.